The van der Waals surface area contributed by atoms with E-state index in [-0.39, 0.29) is 6.10 Å². The SMILES string of the molecule is C=CCN(CC)CC1COCCC[Si](C)(OCC)O1. The number of likely N-dealkylation sites (N-methyl/N-ethyl adjacent to an activating group) is 1. The fourth-order valence-corrected chi connectivity index (χ4v) is 5.04. The Morgan fingerprint density at radius 2 is 2.26 bits per heavy atom. The maximum atomic E-state index is 6.31. The highest BCUT2D eigenvalue weighted by atomic mass is 28.4. The van der Waals surface area contributed by atoms with Crippen molar-refractivity contribution in [1.29, 1.82) is 0 Å². The highest BCUT2D eigenvalue weighted by molar-refractivity contribution is 6.66. The molecular formula is C14H29NO3Si. The largest absolute Gasteiger partial charge is 0.395 e. The van der Waals surface area contributed by atoms with Crippen molar-refractivity contribution in [3.8, 4) is 0 Å². The van der Waals surface area contributed by atoms with Crippen LogP contribution in [0.2, 0.25) is 12.6 Å². The summed E-state index contributed by atoms with van der Waals surface area (Å²) in [6.45, 7) is 15.2. The van der Waals surface area contributed by atoms with Crippen LogP contribution in [0.1, 0.15) is 20.3 Å². The Labute approximate surface area is 119 Å². The molecule has 1 fully saturated rings. The molecule has 1 rings (SSSR count). The van der Waals surface area contributed by atoms with Crippen molar-refractivity contribution in [2.45, 2.75) is 39.0 Å². The van der Waals surface area contributed by atoms with Crippen LogP contribution < -0.4 is 0 Å². The summed E-state index contributed by atoms with van der Waals surface area (Å²) in [5.74, 6) is 0. The summed E-state index contributed by atoms with van der Waals surface area (Å²) in [6.07, 6.45) is 3.09. The minimum atomic E-state index is -2.02. The molecule has 1 aliphatic rings. The molecule has 0 aromatic rings. The van der Waals surface area contributed by atoms with Crippen molar-refractivity contribution in [3.05, 3.63) is 12.7 Å². The Kier molecular flexibility index (Phi) is 7.86. The van der Waals surface area contributed by atoms with Crippen LogP contribution in [0.4, 0.5) is 0 Å². The summed E-state index contributed by atoms with van der Waals surface area (Å²) < 4.78 is 17.9. The monoisotopic (exact) mass is 287 g/mol. The average Bonchev–Trinajstić information content (AvgIpc) is 2.35. The van der Waals surface area contributed by atoms with E-state index in [0.717, 1.165) is 45.3 Å². The maximum absolute atomic E-state index is 6.31. The van der Waals surface area contributed by atoms with Gasteiger partial charge in [0.1, 0.15) is 0 Å². The Bertz CT molecular complexity index is 265. The van der Waals surface area contributed by atoms with Gasteiger partial charge >= 0.3 is 8.56 Å². The van der Waals surface area contributed by atoms with E-state index in [2.05, 4.69) is 24.9 Å². The molecule has 112 valence electrons. The van der Waals surface area contributed by atoms with Gasteiger partial charge in [-0.2, -0.15) is 0 Å². The van der Waals surface area contributed by atoms with Crippen molar-refractivity contribution in [2.24, 2.45) is 0 Å². The summed E-state index contributed by atoms with van der Waals surface area (Å²) >= 11 is 0. The smallest absolute Gasteiger partial charge is 0.335 e. The van der Waals surface area contributed by atoms with E-state index in [1.165, 1.54) is 0 Å². The van der Waals surface area contributed by atoms with Crippen LogP contribution in [-0.4, -0.2) is 59.0 Å². The van der Waals surface area contributed by atoms with E-state index < -0.39 is 8.56 Å². The molecular weight excluding hydrogens is 258 g/mol. The minimum Gasteiger partial charge on any atom is -0.395 e. The summed E-state index contributed by atoms with van der Waals surface area (Å²) in [5, 5.41) is 0. The Hall–Kier alpha value is -0.203. The van der Waals surface area contributed by atoms with Crippen LogP contribution >= 0.6 is 0 Å². The Balaban J connectivity index is 2.59. The summed E-state index contributed by atoms with van der Waals surface area (Å²) in [5.41, 5.74) is 0. The highest BCUT2D eigenvalue weighted by Gasteiger charge is 2.35. The predicted molar refractivity (Wildman–Crippen MR) is 80.7 cm³/mol. The van der Waals surface area contributed by atoms with Crippen molar-refractivity contribution in [1.82, 2.24) is 4.90 Å². The molecule has 0 N–H and O–H groups in total. The predicted octanol–water partition coefficient (Wildman–Crippen LogP) is 2.41. The molecule has 0 spiro atoms. The minimum absolute atomic E-state index is 0.114. The molecule has 4 nitrogen and oxygen atoms in total. The van der Waals surface area contributed by atoms with E-state index in [1.54, 1.807) is 0 Å². The van der Waals surface area contributed by atoms with Gasteiger partial charge in [0, 0.05) is 26.3 Å². The lowest BCUT2D eigenvalue weighted by Gasteiger charge is -2.35. The lowest BCUT2D eigenvalue weighted by Crippen LogP contribution is -2.48. The van der Waals surface area contributed by atoms with Crippen LogP contribution in [0.15, 0.2) is 12.7 Å². The zero-order valence-electron chi connectivity index (χ0n) is 12.7. The van der Waals surface area contributed by atoms with Crippen molar-refractivity contribution < 1.29 is 13.6 Å². The van der Waals surface area contributed by atoms with Crippen LogP contribution in [0.3, 0.4) is 0 Å². The first-order valence-corrected chi connectivity index (χ1v) is 9.88. The fourth-order valence-electron chi connectivity index (χ4n) is 2.46. The van der Waals surface area contributed by atoms with Gasteiger partial charge in [0.2, 0.25) is 0 Å². The number of rotatable bonds is 7. The first kappa shape index (κ1) is 16.9. The standard InChI is InChI=1S/C14H29NO3Si/c1-5-9-15(6-2)12-14-13-16-10-8-11-19(4,18-14)17-7-3/h5,14H,1,6-13H2,2-4H3. The lowest BCUT2D eigenvalue weighted by molar-refractivity contribution is 0.000118. The third kappa shape index (κ3) is 6.18. The molecule has 0 radical (unpaired) electrons. The molecule has 1 aliphatic heterocycles. The van der Waals surface area contributed by atoms with Crippen molar-refractivity contribution >= 4 is 8.56 Å². The van der Waals surface area contributed by atoms with Gasteiger partial charge in [-0.25, -0.2) is 0 Å². The Morgan fingerprint density at radius 3 is 2.89 bits per heavy atom. The summed E-state index contributed by atoms with van der Waals surface area (Å²) in [4.78, 5) is 2.32. The van der Waals surface area contributed by atoms with Gasteiger partial charge in [-0.1, -0.05) is 13.0 Å². The molecule has 0 aromatic heterocycles. The van der Waals surface area contributed by atoms with Crippen molar-refractivity contribution in [2.75, 3.05) is 39.5 Å². The molecule has 5 heteroatoms. The third-order valence-electron chi connectivity index (χ3n) is 3.39. The van der Waals surface area contributed by atoms with Gasteiger partial charge in [-0.3, -0.25) is 4.90 Å². The first-order valence-electron chi connectivity index (χ1n) is 7.36. The zero-order chi connectivity index (χ0) is 14.1. The van der Waals surface area contributed by atoms with Gasteiger partial charge in [-0.15, -0.1) is 6.58 Å². The van der Waals surface area contributed by atoms with E-state index >= 15 is 0 Å². The number of ether oxygens (including phenoxy) is 1. The quantitative estimate of drug-likeness (QED) is 0.531. The van der Waals surface area contributed by atoms with Gasteiger partial charge in [-0.05, 0) is 32.5 Å². The van der Waals surface area contributed by atoms with Crippen LogP contribution in [0.5, 0.6) is 0 Å². The van der Waals surface area contributed by atoms with Gasteiger partial charge in [0.25, 0.3) is 0 Å². The summed E-state index contributed by atoms with van der Waals surface area (Å²) in [6, 6.07) is 1.02. The van der Waals surface area contributed by atoms with E-state index in [4.69, 9.17) is 13.6 Å². The Morgan fingerprint density at radius 1 is 1.47 bits per heavy atom. The second-order valence-electron chi connectivity index (χ2n) is 5.13. The molecule has 0 bridgehead atoms. The first-order chi connectivity index (χ1) is 9.13. The third-order valence-corrected chi connectivity index (χ3v) is 6.38. The number of hydrogen-bond acceptors (Lipinski definition) is 4. The second-order valence-corrected chi connectivity index (χ2v) is 8.42. The van der Waals surface area contributed by atoms with E-state index in [0.29, 0.717) is 6.61 Å². The zero-order valence-corrected chi connectivity index (χ0v) is 13.7. The lowest BCUT2D eigenvalue weighted by atomic mass is 10.3. The second kappa shape index (κ2) is 8.87. The van der Waals surface area contributed by atoms with Gasteiger partial charge in [0.15, 0.2) is 0 Å². The average molecular weight is 287 g/mol. The van der Waals surface area contributed by atoms with Crippen molar-refractivity contribution in [3.63, 3.8) is 0 Å². The normalized spacial score (nSPS) is 28.9. The fraction of sp³-hybridized carbons (Fsp3) is 0.857. The van der Waals surface area contributed by atoms with E-state index in [9.17, 15) is 0 Å². The highest BCUT2D eigenvalue weighted by Crippen LogP contribution is 2.21. The summed E-state index contributed by atoms with van der Waals surface area (Å²) in [7, 11) is -2.02. The molecule has 2 atom stereocenters. The van der Waals surface area contributed by atoms with E-state index in [1.807, 2.05) is 13.0 Å². The molecule has 0 aliphatic carbocycles. The van der Waals surface area contributed by atoms with Crippen LogP contribution in [0.25, 0.3) is 0 Å². The maximum Gasteiger partial charge on any atom is 0.335 e. The van der Waals surface area contributed by atoms with Crippen LogP contribution in [0, 0.1) is 0 Å². The van der Waals surface area contributed by atoms with Crippen LogP contribution in [-0.2, 0) is 13.6 Å². The number of nitrogens with zero attached hydrogens (tertiary/aromatic N) is 1. The molecule has 1 saturated heterocycles. The number of hydrogen-bond donors (Lipinski definition) is 0. The molecule has 0 saturated carbocycles. The molecule has 19 heavy (non-hydrogen) atoms. The van der Waals surface area contributed by atoms with Gasteiger partial charge in [0.05, 0.1) is 12.7 Å². The van der Waals surface area contributed by atoms with Gasteiger partial charge < -0.3 is 13.6 Å². The molecule has 2 unspecified atom stereocenters. The topological polar surface area (TPSA) is 30.9 Å². The molecule has 0 aromatic carbocycles. The molecule has 1 heterocycles. The molecule has 0 amide bonds.